The zero-order chi connectivity index (χ0) is 22.2. The van der Waals surface area contributed by atoms with E-state index < -0.39 is 24.1 Å². The topological polar surface area (TPSA) is 71.3 Å². The molecule has 5 nitrogen and oxygen atoms in total. The molecular weight excluding hydrogens is 444 g/mol. The summed E-state index contributed by atoms with van der Waals surface area (Å²) in [5.74, 6) is -2.22. The summed E-state index contributed by atoms with van der Waals surface area (Å²) >= 11 is 11.8. The molecule has 0 saturated carbocycles. The van der Waals surface area contributed by atoms with Crippen LogP contribution in [0.4, 0.5) is 13.2 Å². The maximum Gasteiger partial charge on any atom is 0.412 e. The first kappa shape index (κ1) is 22.0. The van der Waals surface area contributed by atoms with Crippen LogP contribution in [0.3, 0.4) is 0 Å². The molecule has 0 spiro atoms. The van der Waals surface area contributed by atoms with Crippen LogP contribution in [0.1, 0.15) is 39.4 Å². The molecule has 0 radical (unpaired) electrons. The quantitative estimate of drug-likeness (QED) is 0.514. The Balaban J connectivity index is 2.05. The van der Waals surface area contributed by atoms with Crippen LogP contribution in [0.25, 0.3) is 10.9 Å². The first-order valence-corrected chi connectivity index (χ1v) is 9.47. The molecule has 1 atom stereocenters. The molecule has 2 N–H and O–H groups in total. The lowest BCUT2D eigenvalue weighted by Gasteiger charge is -2.22. The van der Waals surface area contributed by atoms with Gasteiger partial charge in [-0.15, -0.1) is 0 Å². The third-order valence-electron chi connectivity index (χ3n) is 4.55. The number of nitrogens with zero attached hydrogens (tertiary/aromatic N) is 1. The normalized spacial score (nSPS) is 12.7. The molecule has 10 heteroatoms. The highest BCUT2D eigenvalue weighted by Gasteiger charge is 2.42. The Morgan fingerprint density at radius 2 is 1.87 bits per heavy atom. The third kappa shape index (κ3) is 4.24. The van der Waals surface area contributed by atoms with Crippen molar-refractivity contribution in [1.82, 2.24) is 9.88 Å². The molecule has 3 aromatic rings. The predicted molar refractivity (Wildman–Crippen MR) is 107 cm³/mol. The molecule has 158 valence electrons. The number of carbonyl (C=O) groups is 2. The maximum absolute atomic E-state index is 13.6. The van der Waals surface area contributed by atoms with Crippen molar-refractivity contribution >= 4 is 46.0 Å². The number of aryl methyl sites for hydroxylation is 1. The smallest absolute Gasteiger partial charge is 0.412 e. The molecule has 1 amide bonds. The number of hydrogen-bond donors (Lipinski definition) is 2. The van der Waals surface area contributed by atoms with Gasteiger partial charge in [0.25, 0.3) is 5.91 Å². The van der Waals surface area contributed by atoms with E-state index in [-0.39, 0.29) is 33.4 Å². The van der Waals surface area contributed by atoms with E-state index in [4.69, 9.17) is 23.2 Å². The second-order valence-electron chi connectivity index (χ2n) is 6.47. The molecule has 1 unspecified atom stereocenters. The molecular formula is C20H15Cl2F3N2O3. The second kappa shape index (κ2) is 8.20. The van der Waals surface area contributed by atoms with E-state index in [0.29, 0.717) is 10.9 Å². The number of alkyl halides is 3. The Kier molecular flexibility index (Phi) is 6.01. The molecule has 0 aliphatic rings. The molecule has 0 saturated heterocycles. The number of amides is 1. The molecule has 2 aromatic carbocycles. The summed E-state index contributed by atoms with van der Waals surface area (Å²) < 4.78 is 42.4. The number of carbonyl (C=O) groups excluding carboxylic acids is 1. The molecule has 0 bridgehead atoms. The summed E-state index contributed by atoms with van der Waals surface area (Å²) in [5.41, 5.74) is 0.00142. The summed E-state index contributed by atoms with van der Waals surface area (Å²) in [5, 5.41) is 11.7. The Morgan fingerprint density at radius 1 is 1.17 bits per heavy atom. The summed E-state index contributed by atoms with van der Waals surface area (Å²) in [6, 6.07) is 6.86. The van der Waals surface area contributed by atoms with Crippen LogP contribution in [0.5, 0.6) is 0 Å². The zero-order valence-corrected chi connectivity index (χ0v) is 16.9. The fraction of sp³-hybridized carbons (Fsp3) is 0.200. The van der Waals surface area contributed by atoms with E-state index in [1.165, 1.54) is 41.0 Å². The van der Waals surface area contributed by atoms with Crippen molar-refractivity contribution in [1.29, 1.82) is 0 Å². The molecule has 1 aromatic heterocycles. The van der Waals surface area contributed by atoms with Crippen LogP contribution in [0.15, 0.2) is 42.5 Å². The number of hydrogen-bond acceptors (Lipinski definition) is 2. The van der Waals surface area contributed by atoms with Gasteiger partial charge in [0.05, 0.1) is 16.1 Å². The van der Waals surface area contributed by atoms with E-state index in [1.807, 2.05) is 5.32 Å². The standard InChI is InChI=1S/C20H15Cl2F3N2O3/c1-2-27-15-9-14(22)13(19(29)30)7-11(15)8-16(27)18(28)26-17(20(23,24)25)10-4-3-5-12(21)6-10/h3-9,17H,2H2,1H3,(H,26,28)(H,29,30). The number of nitrogens with one attached hydrogen (secondary N) is 1. The molecule has 1 heterocycles. The highest BCUT2D eigenvalue weighted by molar-refractivity contribution is 6.34. The third-order valence-corrected chi connectivity index (χ3v) is 5.10. The number of benzene rings is 2. The fourth-order valence-corrected chi connectivity index (χ4v) is 3.66. The lowest BCUT2D eigenvalue weighted by atomic mass is 10.1. The number of halogens is 5. The number of aromatic nitrogens is 1. The molecule has 0 aliphatic heterocycles. The molecule has 0 fully saturated rings. The highest BCUT2D eigenvalue weighted by atomic mass is 35.5. The van der Waals surface area contributed by atoms with Crippen LogP contribution >= 0.6 is 23.2 Å². The van der Waals surface area contributed by atoms with Gasteiger partial charge < -0.3 is 15.0 Å². The average molecular weight is 459 g/mol. The molecule has 3 rings (SSSR count). The predicted octanol–water partition coefficient (Wildman–Crippen LogP) is 5.70. The number of aromatic carboxylic acids is 1. The van der Waals surface area contributed by atoms with Crippen molar-refractivity contribution in [2.45, 2.75) is 25.7 Å². The van der Waals surface area contributed by atoms with Gasteiger partial charge >= 0.3 is 12.1 Å². The van der Waals surface area contributed by atoms with Gasteiger partial charge in [0.15, 0.2) is 6.04 Å². The van der Waals surface area contributed by atoms with Gasteiger partial charge in [0.2, 0.25) is 0 Å². The summed E-state index contributed by atoms with van der Waals surface area (Å²) in [6.45, 7) is 1.95. The SMILES string of the molecule is CCn1c(C(=O)NC(c2cccc(Cl)c2)C(F)(F)F)cc2cc(C(=O)O)c(Cl)cc21. The number of carboxylic acids is 1. The lowest BCUT2D eigenvalue weighted by Crippen LogP contribution is -2.38. The first-order valence-electron chi connectivity index (χ1n) is 8.72. The molecule has 0 aliphatic carbocycles. The van der Waals surface area contributed by atoms with Gasteiger partial charge in [-0.25, -0.2) is 4.79 Å². The fourth-order valence-electron chi connectivity index (χ4n) is 3.22. The van der Waals surface area contributed by atoms with Gasteiger partial charge in [0, 0.05) is 17.0 Å². The Hall–Kier alpha value is -2.71. The van der Waals surface area contributed by atoms with Crippen molar-refractivity contribution in [2.24, 2.45) is 0 Å². The van der Waals surface area contributed by atoms with E-state index in [2.05, 4.69) is 0 Å². The Morgan fingerprint density at radius 3 is 2.43 bits per heavy atom. The highest BCUT2D eigenvalue weighted by Crippen LogP contribution is 2.34. The van der Waals surface area contributed by atoms with Crippen LogP contribution in [0.2, 0.25) is 10.0 Å². The average Bonchev–Trinajstić information content (AvgIpc) is 3.01. The van der Waals surface area contributed by atoms with Crippen LogP contribution < -0.4 is 5.32 Å². The number of carboxylic acid groups (broad SMARTS) is 1. The van der Waals surface area contributed by atoms with Gasteiger partial charge in [-0.3, -0.25) is 4.79 Å². The van der Waals surface area contributed by atoms with Gasteiger partial charge in [-0.2, -0.15) is 13.2 Å². The van der Waals surface area contributed by atoms with E-state index in [1.54, 1.807) is 6.92 Å². The van der Waals surface area contributed by atoms with E-state index >= 15 is 0 Å². The van der Waals surface area contributed by atoms with Gasteiger partial charge in [0.1, 0.15) is 5.69 Å². The Labute approximate surface area is 179 Å². The van der Waals surface area contributed by atoms with Crippen molar-refractivity contribution in [3.05, 3.63) is 69.3 Å². The monoisotopic (exact) mass is 458 g/mol. The van der Waals surface area contributed by atoms with Crippen molar-refractivity contribution in [3.63, 3.8) is 0 Å². The second-order valence-corrected chi connectivity index (χ2v) is 7.32. The largest absolute Gasteiger partial charge is 0.478 e. The van der Waals surface area contributed by atoms with Gasteiger partial charge in [-0.1, -0.05) is 35.3 Å². The van der Waals surface area contributed by atoms with Crippen LogP contribution in [-0.4, -0.2) is 27.7 Å². The minimum absolute atomic E-state index is 0.0400. The lowest BCUT2D eigenvalue weighted by molar-refractivity contribution is -0.155. The van der Waals surface area contributed by atoms with Crippen LogP contribution in [0, 0.1) is 0 Å². The van der Waals surface area contributed by atoms with Crippen LogP contribution in [-0.2, 0) is 6.54 Å². The minimum atomic E-state index is -4.76. The van der Waals surface area contributed by atoms with Crippen molar-refractivity contribution < 1.29 is 27.9 Å². The van der Waals surface area contributed by atoms with Gasteiger partial charge in [-0.05, 0) is 42.8 Å². The Bertz CT molecular complexity index is 1140. The van der Waals surface area contributed by atoms with Crippen molar-refractivity contribution in [3.8, 4) is 0 Å². The van der Waals surface area contributed by atoms with E-state index in [0.717, 1.165) is 6.07 Å². The number of rotatable bonds is 5. The zero-order valence-electron chi connectivity index (χ0n) is 15.4. The summed E-state index contributed by atoms with van der Waals surface area (Å²) in [7, 11) is 0. The number of fused-ring (bicyclic) bond motifs is 1. The minimum Gasteiger partial charge on any atom is -0.478 e. The van der Waals surface area contributed by atoms with Crippen molar-refractivity contribution in [2.75, 3.05) is 0 Å². The first-order chi connectivity index (χ1) is 14.0. The maximum atomic E-state index is 13.6. The summed E-state index contributed by atoms with van der Waals surface area (Å²) in [4.78, 5) is 24.1. The summed E-state index contributed by atoms with van der Waals surface area (Å²) in [6.07, 6.45) is -4.76. The van der Waals surface area contributed by atoms with E-state index in [9.17, 15) is 27.9 Å². The molecule has 30 heavy (non-hydrogen) atoms.